The van der Waals surface area contributed by atoms with Crippen molar-refractivity contribution in [2.75, 3.05) is 54.6 Å². The van der Waals surface area contributed by atoms with Crippen molar-refractivity contribution < 1.29 is 8.42 Å². The van der Waals surface area contributed by atoms with E-state index in [4.69, 9.17) is 19.9 Å². The Labute approximate surface area is 389 Å². The molecule has 350 valence electrons. The standard InChI is InChI=1S/C50H67N13O2S/c1-33-42-27-36-28-52-47(57-45(36)63(42)50(34(2)54-33)21-7-4-8-22-50)56-38-13-17-40(18-14-38)66(64,65)59-44-41-29-53-48(58-46(41)62-43(44)30-51-32-49(62)19-5-3-6-20-49)55-37-11-15-39(16-12-37)61-25-23-60(24-26-61)31-35-9-10-35/h13-14,17-18,27-29,33,35,37,39,51,59H,3-12,15-16,19-26,30-32H2,1-2H3,(H,52,56,57)(H,53,55,58)/t33?,37-,39-. The maximum absolute atomic E-state index is 14.4. The number of hydrogen-bond acceptors (Lipinski definition) is 12. The van der Waals surface area contributed by atoms with Crippen LogP contribution in [0.25, 0.3) is 22.1 Å². The van der Waals surface area contributed by atoms with Crippen LogP contribution in [0, 0.1) is 5.92 Å². The van der Waals surface area contributed by atoms with Gasteiger partial charge in [0.25, 0.3) is 10.0 Å². The fraction of sp³-hybridized carbons (Fsp3) is 0.620. The molecule has 1 unspecified atom stereocenters. The molecule has 12 rings (SSSR count). The highest BCUT2D eigenvalue weighted by molar-refractivity contribution is 7.92. The van der Waals surface area contributed by atoms with Crippen LogP contribution in [0.1, 0.15) is 134 Å². The van der Waals surface area contributed by atoms with E-state index in [2.05, 4.69) is 64.5 Å². The number of rotatable bonds is 10. The Morgan fingerprint density at radius 3 is 2.26 bits per heavy atom. The highest BCUT2D eigenvalue weighted by Crippen LogP contribution is 2.47. The number of hydrogen-bond donors (Lipinski definition) is 4. The van der Waals surface area contributed by atoms with Gasteiger partial charge in [-0.05, 0) is 114 Å². The number of nitrogens with one attached hydrogen (secondary N) is 4. The molecule has 1 saturated heterocycles. The predicted octanol–water partition coefficient (Wildman–Crippen LogP) is 8.43. The van der Waals surface area contributed by atoms with Gasteiger partial charge >= 0.3 is 0 Å². The number of benzene rings is 1. The number of aliphatic imine (C=N–C) groups is 1. The van der Waals surface area contributed by atoms with Crippen molar-refractivity contribution in [1.29, 1.82) is 0 Å². The van der Waals surface area contributed by atoms with E-state index in [1.54, 1.807) is 24.3 Å². The summed E-state index contributed by atoms with van der Waals surface area (Å²) < 4.78 is 36.7. The lowest BCUT2D eigenvalue weighted by atomic mass is 9.77. The van der Waals surface area contributed by atoms with Crippen molar-refractivity contribution in [3.63, 3.8) is 0 Å². The molecule has 2 spiro atoms. The Balaban J connectivity index is 0.775. The van der Waals surface area contributed by atoms with Crippen molar-refractivity contribution in [3.8, 4) is 0 Å². The summed E-state index contributed by atoms with van der Waals surface area (Å²) >= 11 is 0. The van der Waals surface area contributed by atoms with Crippen molar-refractivity contribution in [1.82, 2.24) is 44.2 Å². The molecule has 1 aromatic carbocycles. The molecule has 5 aromatic rings. The van der Waals surface area contributed by atoms with Crippen molar-refractivity contribution >= 4 is 61.1 Å². The Bertz CT molecular complexity index is 2750. The molecule has 0 bridgehead atoms. The first-order valence-electron chi connectivity index (χ1n) is 25.3. The van der Waals surface area contributed by atoms with E-state index in [0.717, 1.165) is 91.6 Å². The molecule has 0 amide bonds. The molecule has 4 N–H and O–H groups in total. The Morgan fingerprint density at radius 2 is 1.52 bits per heavy atom. The number of piperazine rings is 1. The minimum atomic E-state index is -3.99. The highest BCUT2D eigenvalue weighted by Gasteiger charge is 2.44. The second kappa shape index (κ2) is 16.8. The summed E-state index contributed by atoms with van der Waals surface area (Å²) in [6.07, 6.45) is 22.4. The maximum atomic E-state index is 14.4. The van der Waals surface area contributed by atoms with Gasteiger partial charge in [0.1, 0.15) is 11.3 Å². The molecule has 15 nitrogen and oxygen atoms in total. The van der Waals surface area contributed by atoms with Crippen LogP contribution in [0.15, 0.2) is 52.6 Å². The van der Waals surface area contributed by atoms with Crippen LogP contribution in [0.3, 0.4) is 0 Å². The molecular formula is C50H67N13O2S. The third kappa shape index (κ3) is 7.67. The summed E-state index contributed by atoms with van der Waals surface area (Å²) in [7, 11) is -3.99. The summed E-state index contributed by atoms with van der Waals surface area (Å²) in [5.41, 5.74) is 5.99. The molecule has 4 saturated carbocycles. The quantitative estimate of drug-likeness (QED) is 0.106. The van der Waals surface area contributed by atoms with Crippen LogP contribution >= 0.6 is 0 Å². The second-order valence-electron chi connectivity index (χ2n) is 21.0. The number of sulfonamides is 1. The molecule has 66 heavy (non-hydrogen) atoms. The van der Waals surface area contributed by atoms with Crippen LogP contribution in [0.5, 0.6) is 0 Å². The lowest BCUT2D eigenvalue weighted by Crippen LogP contribution is -2.52. The van der Waals surface area contributed by atoms with E-state index in [1.165, 1.54) is 95.5 Å². The SMILES string of the molecule is CC1=NC(C)c2cc3cnc(Nc4ccc(S(=O)(=O)Nc5c6n(c7nc(N[C@H]8CC[C@H](N9CCN(CC%10CC%10)CC9)CC8)ncc57)C5(CCCCC5)CNC6)cc4)nc3n2C12CCCCC2. The first-order chi connectivity index (χ1) is 32.1. The van der Waals surface area contributed by atoms with E-state index >= 15 is 0 Å². The number of aromatic nitrogens is 6. The molecule has 7 aliphatic rings. The summed E-state index contributed by atoms with van der Waals surface area (Å²) in [4.78, 5) is 30.6. The normalized spacial score (nSPS) is 25.7. The smallest absolute Gasteiger partial charge is 0.261 e. The van der Waals surface area contributed by atoms with E-state index in [9.17, 15) is 8.42 Å². The van der Waals surface area contributed by atoms with E-state index in [1.807, 2.05) is 12.4 Å². The van der Waals surface area contributed by atoms with Gasteiger partial charge in [-0.3, -0.25) is 14.6 Å². The monoisotopic (exact) mass is 914 g/mol. The third-order valence-electron chi connectivity index (χ3n) is 16.8. The maximum Gasteiger partial charge on any atom is 0.261 e. The molecule has 4 aliphatic carbocycles. The van der Waals surface area contributed by atoms with Crippen molar-refractivity contribution in [2.45, 2.75) is 157 Å². The van der Waals surface area contributed by atoms with Gasteiger partial charge in [-0.25, -0.2) is 18.4 Å². The highest BCUT2D eigenvalue weighted by atomic mass is 32.2. The zero-order chi connectivity index (χ0) is 44.6. The van der Waals surface area contributed by atoms with E-state index in [0.29, 0.717) is 41.9 Å². The average molecular weight is 914 g/mol. The first-order valence-corrected chi connectivity index (χ1v) is 26.8. The van der Waals surface area contributed by atoms with Gasteiger partial charge in [-0.1, -0.05) is 38.5 Å². The van der Waals surface area contributed by atoms with Crippen LogP contribution in [0.4, 0.5) is 23.3 Å². The zero-order valence-electron chi connectivity index (χ0n) is 38.9. The van der Waals surface area contributed by atoms with Gasteiger partial charge < -0.3 is 30.0 Å². The molecule has 0 radical (unpaired) electrons. The van der Waals surface area contributed by atoms with Crippen LogP contribution in [0.2, 0.25) is 0 Å². The van der Waals surface area contributed by atoms with Gasteiger partial charge in [-0.2, -0.15) is 9.97 Å². The summed E-state index contributed by atoms with van der Waals surface area (Å²) in [6, 6.07) is 10.1. The molecule has 16 heteroatoms. The Hall–Kier alpha value is -4.64. The molecular weight excluding hydrogens is 847 g/mol. The van der Waals surface area contributed by atoms with E-state index < -0.39 is 10.0 Å². The van der Waals surface area contributed by atoms with Crippen molar-refractivity contribution in [3.05, 3.63) is 54.1 Å². The van der Waals surface area contributed by atoms with Gasteiger partial charge in [0.05, 0.1) is 38.8 Å². The van der Waals surface area contributed by atoms with Crippen LogP contribution < -0.4 is 20.7 Å². The van der Waals surface area contributed by atoms with E-state index in [-0.39, 0.29) is 22.0 Å². The topological polar surface area (TPSA) is 163 Å². The predicted molar refractivity (Wildman–Crippen MR) is 261 cm³/mol. The second-order valence-corrected chi connectivity index (χ2v) is 22.7. The fourth-order valence-electron chi connectivity index (χ4n) is 13.1. The first kappa shape index (κ1) is 42.7. The van der Waals surface area contributed by atoms with Gasteiger partial charge in [0, 0.05) is 92.8 Å². The van der Waals surface area contributed by atoms with Crippen LogP contribution in [-0.2, 0) is 27.6 Å². The minimum absolute atomic E-state index is 0.0565. The number of anilines is 4. The number of fused-ring (bicyclic) bond motifs is 8. The average Bonchev–Trinajstić information content (AvgIpc) is 3.98. The lowest BCUT2D eigenvalue weighted by Gasteiger charge is -2.43. The van der Waals surface area contributed by atoms with Crippen LogP contribution in [-0.4, -0.2) is 104 Å². The minimum Gasteiger partial charge on any atom is -0.351 e. The lowest BCUT2D eigenvalue weighted by molar-refractivity contribution is 0.0752. The largest absolute Gasteiger partial charge is 0.351 e. The molecule has 3 aliphatic heterocycles. The van der Waals surface area contributed by atoms with Crippen molar-refractivity contribution in [2.24, 2.45) is 10.9 Å². The summed E-state index contributed by atoms with van der Waals surface area (Å²) in [5, 5.41) is 12.5. The van der Waals surface area contributed by atoms with Gasteiger partial charge in [0.15, 0.2) is 0 Å². The zero-order valence-corrected chi connectivity index (χ0v) is 39.7. The van der Waals surface area contributed by atoms with Gasteiger partial charge in [-0.15, -0.1) is 0 Å². The number of nitrogens with zero attached hydrogens (tertiary/aromatic N) is 9. The Morgan fingerprint density at radius 1 is 0.803 bits per heavy atom. The summed E-state index contributed by atoms with van der Waals surface area (Å²) in [6.45, 7) is 11.8. The molecule has 7 heterocycles. The summed E-state index contributed by atoms with van der Waals surface area (Å²) in [5.74, 6) is 2.07. The molecule has 4 aromatic heterocycles. The van der Waals surface area contributed by atoms with Gasteiger partial charge in [0.2, 0.25) is 11.9 Å². The Kier molecular flexibility index (Phi) is 10.9. The molecule has 1 atom stereocenters. The fourth-order valence-corrected chi connectivity index (χ4v) is 14.2. The third-order valence-corrected chi connectivity index (χ3v) is 18.2. The molecule has 5 fully saturated rings.